The average molecular weight is 204 g/mol. The third kappa shape index (κ3) is 1.47. The van der Waals surface area contributed by atoms with E-state index in [2.05, 4.69) is 62.4 Å². The van der Waals surface area contributed by atoms with Crippen molar-refractivity contribution in [1.82, 2.24) is 0 Å². The number of hydrogen-bond acceptors (Lipinski definition) is 0. The highest BCUT2D eigenvalue weighted by Crippen LogP contribution is 2.23. The van der Waals surface area contributed by atoms with Gasteiger partial charge in [-0.15, -0.1) is 0 Å². The summed E-state index contributed by atoms with van der Waals surface area (Å²) in [6.45, 7) is 4.21. The number of aryl methyl sites for hydroxylation is 2. The molecular formula is C16H12. The Hall–Kier alpha value is -1.82. The zero-order chi connectivity index (χ0) is 11.1. The summed E-state index contributed by atoms with van der Waals surface area (Å²) in [6, 6.07) is 19.7. The predicted molar refractivity (Wildman–Crippen MR) is 68.6 cm³/mol. The number of hydrogen-bond donors (Lipinski definition) is 0. The van der Waals surface area contributed by atoms with E-state index in [1.807, 2.05) is 0 Å². The zero-order valence-electron chi connectivity index (χ0n) is 9.46. The van der Waals surface area contributed by atoms with E-state index in [0.29, 0.717) is 0 Å². The second-order valence-electron chi connectivity index (χ2n) is 4.35. The highest BCUT2D eigenvalue weighted by atomic mass is 14.0. The van der Waals surface area contributed by atoms with Crippen LogP contribution < -0.4 is 0 Å². The quantitative estimate of drug-likeness (QED) is 0.481. The topological polar surface area (TPSA) is 0 Å². The normalized spacial score (nSPS) is 11.1. The predicted octanol–water partition coefficient (Wildman–Crippen LogP) is 4.21. The van der Waals surface area contributed by atoms with Gasteiger partial charge in [-0.05, 0) is 47.5 Å². The fourth-order valence-electron chi connectivity index (χ4n) is 2.03. The molecule has 0 aromatic heterocycles. The molecule has 0 amide bonds. The smallest absolute Gasteiger partial charge is 0.00138 e. The molecule has 0 heteroatoms. The lowest BCUT2D eigenvalue weighted by Gasteiger charge is -2.03. The Morgan fingerprint density at radius 3 is 1.50 bits per heavy atom. The van der Waals surface area contributed by atoms with Crippen LogP contribution in [-0.2, 0) is 0 Å². The second-order valence-corrected chi connectivity index (χ2v) is 4.35. The first kappa shape index (κ1) is 9.41. The molecule has 0 saturated heterocycles. The van der Waals surface area contributed by atoms with E-state index < -0.39 is 0 Å². The van der Waals surface area contributed by atoms with E-state index in [4.69, 9.17) is 0 Å². The van der Waals surface area contributed by atoms with Crippen LogP contribution in [0.1, 0.15) is 11.1 Å². The van der Waals surface area contributed by atoms with Crippen molar-refractivity contribution in [3.63, 3.8) is 0 Å². The Bertz CT molecular complexity index is 616. The summed E-state index contributed by atoms with van der Waals surface area (Å²) in [7, 11) is 0. The molecule has 0 aliphatic carbocycles. The van der Waals surface area contributed by atoms with Crippen molar-refractivity contribution < 1.29 is 0 Å². The Balaban J connectivity index is 2.44. The third-order valence-electron chi connectivity index (χ3n) is 2.89. The minimum atomic E-state index is 1.14. The maximum absolute atomic E-state index is 3.45. The molecule has 3 rings (SSSR count). The first-order chi connectivity index (χ1) is 7.72. The zero-order valence-corrected chi connectivity index (χ0v) is 9.46. The number of fused-ring (bicyclic) bond motifs is 2. The van der Waals surface area contributed by atoms with Gasteiger partial charge in [0, 0.05) is 0 Å². The van der Waals surface area contributed by atoms with Gasteiger partial charge in [0.1, 0.15) is 0 Å². The van der Waals surface area contributed by atoms with Crippen LogP contribution >= 0.6 is 0 Å². The Morgan fingerprint density at radius 2 is 1.06 bits per heavy atom. The van der Waals surface area contributed by atoms with Crippen LogP contribution in [0.15, 0.2) is 36.4 Å². The lowest BCUT2D eigenvalue weighted by atomic mass is 10.0. The summed E-state index contributed by atoms with van der Waals surface area (Å²) in [5, 5.41) is 4.58. The van der Waals surface area contributed by atoms with Gasteiger partial charge in [0.25, 0.3) is 0 Å². The standard InChI is InChI=1S/C16H12/c1-11-3-5-13-10-16-8-12(2)4-6-14(16)9-15(13)7-11/h3-8H,1-2H3. The lowest BCUT2D eigenvalue weighted by Crippen LogP contribution is -1.80. The van der Waals surface area contributed by atoms with E-state index in [0.717, 1.165) is 21.5 Å². The number of rotatable bonds is 0. The summed E-state index contributed by atoms with van der Waals surface area (Å²) < 4.78 is 0. The molecular weight excluding hydrogens is 192 g/mol. The molecule has 0 fully saturated rings. The molecule has 0 heterocycles. The molecule has 0 aliphatic heterocycles. The first-order valence-corrected chi connectivity index (χ1v) is 5.48. The van der Waals surface area contributed by atoms with Crippen LogP contribution in [0.3, 0.4) is 0 Å². The van der Waals surface area contributed by atoms with Gasteiger partial charge >= 0.3 is 0 Å². The van der Waals surface area contributed by atoms with Crippen molar-refractivity contribution in [2.45, 2.75) is 13.8 Å². The molecule has 2 radical (unpaired) electrons. The fraction of sp³-hybridized carbons (Fsp3) is 0.125. The molecule has 0 N–H and O–H groups in total. The van der Waals surface area contributed by atoms with E-state index in [9.17, 15) is 0 Å². The number of benzene rings is 3. The Kier molecular flexibility index (Phi) is 1.97. The lowest BCUT2D eigenvalue weighted by molar-refractivity contribution is 1.49. The molecule has 16 heavy (non-hydrogen) atoms. The van der Waals surface area contributed by atoms with Gasteiger partial charge in [-0.3, -0.25) is 0 Å². The van der Waals surface area contributed by atoms with Crippen molar-refractivity contribution >= 4 is 21.5 Å². The molecule has 0 nitrogen and oxygen atoms in total. The summed E-state index contributed by atoms with van der Waals surface area (Å²) in [6.07, 6.45) is 0. The second kappa shape index (κ2) is 3.34. The van der Waals surface area contributed by atoms with Crippen molar-refractivity contribution in [1.29, 1.82) is 0 Å². The van der Waals surface area contributed by atoms with Crippen molar-refractivity contribution in [2.24, 2.45) is 0 Å². The summed E-state index contributed by atoms with van der Waals surface area (Å²) in [4.78, 5) is 0. The van der Waals surface area contributed by atoms with Crippen LogP contribution in [0.4, 0.5) is 0 Å². The molecule has 0 atom stereocenters. The van der Waals surface area contributed by atoms with Crippen LogP contribution in [0.5, 0.6) is 0 Å². The molecule has 3 aromatic rings. The molecule has 0 bridgehead atoms. The summed E-state index contributed by atoms with van der Waals surface area (Å²) in [5.74, 6) is 0. The summed E-state index contributed by atoms with van der Waals surface area (Å²) >= 11 is 0. The molecule has 0 spiro atoms. The fourth-order valence-corrected chi connectivity index (χ4v) is 2.03. The van der Waals surface area contributed by atoms with Gasteiger partial charge in [0.2, 0.25) is 0 Å². The van der Waals surface area contributed by atoms with Crippen LogP contribution in [0.25, 0.3) is 21.5 Å². The summed E-state index contributed by atoms with van der Waals surface area (Å²) in [5.41, 5.74) is 2.53. The van der Waals surface area contributed by atoms with Crippen molar-refractivity contribution in [2.75, 3.05) is 0 Å². The van der Waals surface area contributed by atoms with Gasteiger partial charge < -0.3 is 0 Å². The Morgan fingerprint density at radius 1 is 0.625 bits per heavy atom. The van der Waals surface area contributed by atoms with Crippen LogP contribution in [0, 0.1) is 26.0 Å². The van der Waals surface area contributed by atoms with E-state index in [-0.39, 0.29) is 0 Å². The van der Waals surface area contributed by atoms with Gasteiger partial charge in [-0.25, -0.2) is 0 Å². The Labute approximate surface area is 95.5 Å². The minimum absolute atomic E-state index is 1.14. The maximum atomic E-state index is 3.45. The van der Waals surface area contributed by atoms with Gasteiger partial charge in [0.15, 0.2) is 0 Å². The highest BCUT2D eigenvalue weighted by molar-refractivity contribution is 5.97. The largest absolute Gasteiger partial charge is 0.0587 e. The first-order valence-electron chi connectivity index (χ1n) is 5.48. The molecule has 0 unspecified atom stereocenters. The molecule has 3 aromatic carbocycles. The van der Waals surface area contributed by atoms with Crippen molar-refractivity contribution in [3.05, 3.63) is 59.7 Å². The van der Waals surface area contributed by atoms with Crippen molar-refractivity contribution in [3.8, 4) is 0 Å². The molecule has 0 aliphatic rings. The molecule has 0 saturated carbocycles. The maximum Gasteiger partial charge on any atom is -0.00138 e. The van der Waals surface area contributed by atoms with Gasteiger partial charge in [-0.1, -0.05) is 47.5 Å². The average Bonchev–Trinajstić information content (AvgIpc) is 2.26. The van der Waals surface area contributed by atoms with E-state index in [1.165, 1.54) is 11.1 Å². The van der Waals surface area contributed by atoms with Crippen LogP contribution in [0.2, 0.25) is 0 Å². The van der Waals surface area contributed by atoms with Crippen LogP contribution in [-0.4, -0.2) is 0 Å². The van der Waals surface area contributed by atoms with Gasteiger partial charge in [0.05, 0.1) is 0 Å². The van der Waals surface area contributed by atoms with E-state index >= 15 is 0 Å². The van der Waals surface area contributed by atoms with E-state index in [1.54, 1.807) is 0 Å². The minimum Gasteiger partial charge on any atom is -0.0587 e. The molecule has 76 valence electrons. The highest BCUT2D eigenvalue weighted by Gasteiger charge is 1.99. The third-order valence-corrected chi connectivity index (χ3v) is 2.89. The van der Waals surface area contributed by atoms with Gasteiger partial charge in [-0.2, -0.15) is 0 Å². The monoisotopic (exact) mass is 204 g/mol. The SMILES string of the molecule is Cc1ccc2[c]c3cc(C)ccc3[c]c2c1.